The highest BCUT2D eigenvalue weighted by Crippen LogP contribution is 2.37. The molecule has 2 rings (SSSR count). The fourth-order valence-electron chi connectivity index (χ4n) is 6.46. The second-order valence-electron chi connectivity index (χ2n) is 24.2. The summed E-state index contributed by atoms with van der Waals surface area (Å²) < 4.78 is 79.2. The van der Waals surface area contributed by atoms with Crippen molar-refractivity contribution in [3.05, 3.63) is 0 Å². The average Bonchev–Trinajstić information content (AvgIpc) is 3.05. The Labute approximate surface area is 428 Å². The maximum absolute atomic E-state index is 11.9. The highest BCUT2D eigenvalue weighted by atomic mass is 35.5. The maximum atomic E-state index is 11.9. The van der Waals surface area contributed by atoms with E-state index < -0.39 is 121 Å². The Bertz CT molecular complexity index is 1460. The summed E-state index contributed by atoms with van der Waals surface area (Å²) in [4.78, 5) is 21.4. The Hall–Kier alpha value is 0.905. The van der Waals surface area contributed by atoms with Gasteiger partial charge in [-0.05, 0) is 157 Å². The van der Waals surface area contributed by atoms with Crippen molar-refractivity contribution in [1.29, 1.82) is 0 Å². The van der Waals surface area contributed by atoms with Gasteiger partial charge in [0.1, 0.15) is 55.4 Å². The summed E-state index contributed by atoms with van der Waals surface area (Å²) in [6, 6.07) is -0.462. The molecule has 0 spiro atoms. The Kier molecular flexibility index (Phi) is 28.4. The van der Waals surface area contributed by atoms with E-state index in [9.17, 15) is 14.7 Å². The van der Waals surface area contributed by atoms with E-state index in [-0.39, 0.29) is 43.7 Å². The normalized spacial score (nSPS) is 26.9. The zero-order valence-corrected chi connectivity index (χ0v) is 55.6. The predicted octanol–water partition coefficient (Wildman–Crippen LogP) is 11.3. The first-order valence-corrected chi connectivity index (χ1v) is 51.6. The van der Waals surface area contributed by atoms with Crippen LogP contribution in [0.3, 0.4) is 0 Å². The minimum Gasteiger partial charge on any atom is -0.437 e. The number of rotatable bonds is 21. The van der Waals surface area contributed by atoms with Crippen molar-refractivity contribution >= 4 is 113 Å². The van der Waals surface area contributed by atoms with E-state index in [1.54, 1.807) is 0 Å². The van der Waals surface area contributed by atoms with Gasteiger partial charge < -0.3 is 64.2 Å². The summed E-state index contributed by atoms with van der Waals surface area (Å²) in [6.45, 7) is 51.1. The van der Waals surface area contributed by atoms with Crippen LogP contribution in [0.4, 0.5) is 9.59 Å². The summed E-state index contributed by atoms with van der Waals surface area (Å²) in [7, 11) is -15.8. The number of ether oxygens (including phenoxy) is 5. The fraction of sp³-hybridized carbons (Fsp3) is 0.950. The molecule has 400 valence electrons. The van der Waals surface area contributed by atoms with Gasteiger partial charge in [0.15, 0.2) is 91.3 Å². The van der Waals surface area contributed by atoms with Gasteiger partial charge in [-0.2, -0.15) is 0 Å². The minimum absolute atomic E-state index is 0.0678. The number of aliphatic hydroxyl groups is 1. The largest absolute Gasteiger partial charge is 0.509 e. The van der Waals surface area contributed by atoms with Gasteiger partial charge in [-0.1, -0.05) is 23.2 Å². The molecular formula is C40H91Cl3O16Si8. The molecule has 0 aliphatic carbocycles. The first-order valence-electron chi connectivity index (χ1n) is 22.9. The number of hydrogen-bond acceptors (Lipinski definition) is 16. The van der Waals surface area contributed by atoms with E-state index in [4.69, 9.17) is 77.6 Å². The second kappa shape index (κ2) is 28.0. The van der Waals surface area contributed by atoms with Crippen LogP contribution in [0.5, 0.6) is 0 Å². The van der Waals surface area contributed by atoms with E-state index in [2.05, 4.69) is 173 Å². The topological polar surface area (TPSA) is 174 Å². The summed E-state index contributed by atoms with van der Waals surface area (Å²) in [5.74, 6) is 0. The Balaban J connectivity index is 0.00000117. The Morgan fingerprint density at radius 1 is 0.403 bits per heavy atom. The standard InChI is InChI=1S/C20H45ClO8Si4.C18H44O6Si4.C2H2Cl2O2/c1-30(2,3)26-16-15(13-23-20(22)24-14-21)25-19(29-33(10,11)12)18(28-32(7,8)9)17(16)27-31(4,5)6;1-25(2,3)21-15-14(13-19)20-18(24-28(10,11)12)17(23-27(7,8)9)16(15)22-26(4,5)6;3-1-6-2(4)5/h15-19H,13-14H2,1-12H3;14-19H,13H2,1-12H3;1H2. The number of halogens is 3. The van der Waals surface area contributed by atoms with Crippen LogP contribution in [-0.4, -0.2) is 170 Å². The minimum atomic E-state index is -2.05. The Morgan fingerprint density at radius 2 is 0.672 bits per heavy atom. The quantitative estimate of drug-likeness (QED) is 0.0497. The molecular weight excluding hydrogens is 1070 g/mol. The zero-order chi connectivity index (χ0) is 52.9. The summed E-state index contributed by atoms with van der Waals surface area (Å²) in [6.07, 6.45) is -5.61. The van der Waals surface area contributed by atoms with Crippen LogP contribution in [0, 0.1) is 0 Å². The number of hydrogen-bond donors (Lipinski definition) is 1. The molecule has 0 aromatic heterocycles. The van der Waals surface area contributed by atoms with Crippen molar-refractivity contribution in [2.24, 2.45) is 0 Å². The number of aliphatic hydroxyl groups excluding tert-OH is 1. The SMILES string of the molecule is C[Si](C)(C)OC1OC(CO)C(O[Si](C)(C)C)C(O[Si](C)(C)C)C1O[Si](C)(C)C.C[Si](C)(C)OC1OC(COC(=O)OCCl)C(O[Si](C)(C)C)C(O[Si](C)(C)C)C1O[Si](C)(C)C.O=C(Cl)OCCl. The molecule has 2 aliphatic heterocycles. The molecule has 10 unspecified atom stereocenters. The lowest BCUT2D eigenvalue weighted by atomic mass is 9.99. The van der Waals surface area contributed by atoms with Gasteiger partial charge in [0, 0.05) is 11.6 Å². The van der Waals surface area contributed by atoms with Crippen LogP contribution in [0.25, 0.3) is 0 Å². The van der Waals surface area contributed by atoms with E-state index in [1.807, 2.05) is 0 Å². The molecule has 0 radical (unpaired) electrons. The molecule has 0 aromatic carbocycles. The smallest absolute Gasteiger partial charge is 0.437 e. The lowest BCUT2D eigenvalue weighted by Gasteiger charge is -2.51. The predicted molar refractivity (Wildman–Crippen MR) is 289 cm³/mol. The van der Waals surface area contributed by atoms with E-state index in [0.717, 1.165) is 0 Å². The van der Waals surface area contributed by atoms with Crippen LogP contribution in [0.2, 0.25) is 157 Å². The van der Waals surface area contributed by atoms with Crippen molar-refractivity contribution < 1.29 is 73.8 Å². The third kappa shape index (κ3) is 32.0. The number of carbonyl (C=O) groups is 2. The zero-order valence-electron chi connectivity index (χ0n) is 45.3. The van der Waals surface area contributed by atoms with Crippen LogP contribution >= 0.6 is 34.8 Å². The molecule has 2 aliphatic rings. The monoisotopic (exact) mass is 1160 g/mol. The summed E-state index contributed by atoms with van der Waals surface area (Å²) >= 11 is 15.0. The van der Waals surface area contributed by atoms with Gasteiger partial charge in [0.25, 0.3) is 0 Å². The molecule has 1 N–H and O–H groups in total. The van der Waals surface area contributed by atoms with Gasteiger partial charge in [-0.25, -0.2) is 9.59 Å². The molecule has 2 saturated heterocycles. The van der Waals surface area contributed by atoms with E-state index in [1.165, 1.54) is 0 Å². The summed E-state index contributed by atoms with van der Waals surface area (Å²) in [5, 5.41) is 10.1. The van der Waals surface area contributed by atoms with Gasteiger partial charge in [-0.15, -0.1) is 0 Å². The first-order chi connectivity index (χ1) is 29.8. The van der Waals surface area contributed by atoms with Gasteiger partial charge in [-0.3, -0.25) is 0 Å². The average molecular weight is 1160 g/mol. The first kappa shape index (κ1) is 67.9. The van der Waals surface area contributed by atoms with Crippen LogP contribution in [-0.2, 0) is 59.1 Å². The molecule has 27 heteroatoms. The number of carbonyl (C=O) groups excluding carboxylic acids is 2. The molecule has 16 nitrogen and oxygen atoms in total. The van der Waals surface area contributed by atoms with Crippen molar-refractivity contribution in [3.63, 3.8) is 0 Å². The maximum Gasteiger partial charge on any atom is 0.509 e. The lowest BCUT2D eigenvalue weighted by molar-refractivity contribution is -0.269. The second-order valence-corrected chi connectivity index (χ2v) is 60.6. The molecule has 0 amide bonds. The Morgan fingerprint density at radius 3 is 0.925 bits per heavy atom. The van der Waals surface area contributed by atoms with Gasteiger partial charge >= 0.3 is 11.6 Å². The molecule has 10 atom stereocenters. The van der Waals surface area contributed by atoms with Crippen LogP contribution in [0.15, 0.2) is 0 Å². The summed E-state index contributed by atoms with van der Waals surface area (Å²) in [5.41, 5.74) is -0.870. The molecule has 0 aromatic rings. The third-order valence-electron chi connectivity index (χ3n) is 7.95. The lowest BCUT2D eigenvalue weighted by Crippen LogP contribution is -2.67. The van der Waals surface area contributed by atoms with E-state index >= 15 is 0 Å². The van der Waals surface area contributed by atoms with Crippen LogP contribution in [0.1, 0.15) is 0 Å². The fourth-order valence-corrected chi connectivity index (χ4v) is 15.0. The molecule has 0 saturated carbocycles. The molecule has 67 heavy (non-hydrogen) atoms. The van der Waals surface area contributed by atoms with Crippen molar-refractivity contribution in [2.45, 2.75) is 219 Å². The highest BCUT2D eigenvalue weighted by molar-refractivity contribution is 6.72. The van der Waals surface area contributed by atoms with Crippen molar-refractivity contribution in [2.75, 3.05) is 25.3 Å². The highest BCUT2D eigenvalue weighted by Gasteiger charge is 2.54. The van der Waals surface area contributed by atoms with Gasteiger partial charge in [0.2, 0.25) is 0 Å². The molecule has 2 heterocycles. The van der Waals surface area contributed by atoms with Crippen LogP contribution < -0.4 is 0 Å². The third-order valence-corrected chi connectivity index (χ3v) is 16.0. The van der Waals surface area contributed by atoms with Gasteiger partial charge in [0.05, 0.1) is 6.61 Å². The van der Waals surface area contributed by atoms with Crippen molar-refractivity contribution in [3.8, 4) is 0 Å². The molecule has 2 fully saturated rings. The number of alkyl halides is 2. The van der Waals surface area contributed by atoms with E-state index in [0.29, 0.717) is 0 Å². The molecule has 0 bridgehead atoms. The van der Waals surface area contributed by atoms with Crippen molar-refractivity contribution in [1.82, 2.24) is 0 Å².